The molecule has 1 aliphatic rings. The van der Waals surface area contributed by atoms with Gasteiger partial charge in [0.15, 0.2) is 0 Å². The topological polar surface area (TPSA) is 54.5 Å². The van der Waals surface area contributed by atoms with E-state index in [1.165, 1.54) is 23.1 Å². The van der Waals surface area contributed by atoms with Crippen molar-refractivity contribution in [2.24, 2.45) is 0 Å². The number of imide groups is 1. The summed E-state index contributed by atoms with van der Waals surface area (Å²) in [5.74, 6) is -0.482. The Bertz CT molecular complexity index is 1040. The first-order valence-electron chi connectivity index (χ1n) is 9.68. The van der Waals surface area contributed by atoms with Crippen LogP contribution in [0.2, 0.25) is 0 Å². The fraction of sp³-hybridized carbons (Fsp3) is 0.292. The molecule has 2 aromatic rings. The Hall–Kier alpha value is -2.72. The summed E-state index contributed by atoms with van der Waals surface area (Å²) < 4.78 is 0. The summed E-state index contributed by atoms with van der Waals surface area (Å²) in [6.45, 7) is 12.1. The normalized spacial score (nSPS) is 13.4. The average Bonchev–Trinajstić information content (AvgIpc) is 2.91. The van der Waals surface area contributed by atoms with Crippen LogP contribution in [0.5, 0.6) is 0 Å². The van der Waals surface area contributed by atoms with Gasteiger partial charge in [-0.15, -0.1) is 6.58 Å². The van der Waals surface area contributed by atoms with Crippen molar-refractivity contribution in [3.05, 3.63) is 76.4 Å². The van der Waals surface area contributed by atoms with Crippen LogP contribution >= 0.6 is 11.6 Å². The third kappa shape index (κ3) is 3.53. The zero-order chi connectivity index (χ0) is 21.5. The zero-order valence-electron chi connectivity index (χ0n) is 17.1. The molecular weight excluding hydrogens is 386 g/mol. The van der Waals surface area contributed by atoms with Gasteiger partial charge in [0.25, 0.3) is 17.1 Å². The highest BCUT2D eigenvalue weighted by atomic mass is 35.5. The number of hydrogen-bond donors (Lipinski definition) is 0. The van der Waals surface area contributed by atoms with E-state index in [0.29, 0.717) is 12.1 Å². The van der Waals surface area contributed by atoms with Gasteiger partial charge >= 0.3 is 0 Å². The van der Waals surface area contributed by atoms with Gasteiger partial charge in [-0.3, -0.25) is 14.4 Å². The van der Waals surface area contributed by atoms with Gasteiger partial charge in [0.05, 0.1) is 16.8 Å². The van der Waals surface area contributed by atoms with Crippen LogP contribution in [0.3, 0.4) is 0 Å². The Morgan fingerprint density at radius 2 is 1.59 bits per heavy atom. The van der Waals surface area contributed by atoms with E-state index in [1.807, 2.05) is 19.9 Å². The van der Waals surface area contributed by atoms with Crippen LogP contribution in [0.4, 0.5) is 5.69 Å². The van der Waals surface area contributed by atoms with Crippen molar-refractivity contribution in [3.63, 3.8) is 0 Å². The van der Waals surface area contributed by atoms with Gasteiger partial charge in [0.1, 0.15) is 0 Å². The molecule has 0 aliphatic carbocycles. The Kier molecular flexibility index (Phi) is 5.76. The third-order valence-corrected chi connectivity index (χ3v) is 5.50. The minimum atomic E-state index is -0.663. The average molecular weight is 410 g/mol. The molecule has 0 radical (unpaired) electrons. The number of benzene rings is 2. The lowest BCUT2D eigenvalue weighted by Crippen LogP contribution is -2.32. The van der Waals surface area contributed by atoms with Gasteiger partial charge in [-0.25, -0.2) is 4.90 Å². The molecule has 0 spiro atoms. The minimum Gasteiger partial charge on any atom is -0.276 e. The van der Waals surface area contributed by atoms with Gasteiger partial charge in [-0.1, -0.05) is 45.9 Å². The fourth-order valence-electron chi connectivity index (χ4n) is 3.87. The summed E-state index contributed by atoms with van der Waals surface area (Å²) in [5, 5.41) is -0.663. The molecule has 0 N–H and O–H groups in total. The third-order valence-electron chi connectivity index (χ3n) is 5.28. The summed E-state index contributed by atoms with van der Waals surface area (Å²) in [6, 6.07) is 8.45. The maximum atomic E-state index is 13.3. The van der Waals surface area contributed by atoms with Crippen LogP contribution in [0.1, 0.15) is 87.3 Å². The van der Waals surface area contributed by atoms with Crippen molar-refractivity contribution >= 4 is 34.3 Å². The Morgan fingerprint density at radius 1 is 1.00 bits per heavy atom. The molecule has 1 aliphatic heterocycles. The van der Waals surface area contributed by atoms with Crippen molar-refractivity contribution in [2.75, 3.05) is 4.90 Å². The molecule has 0 bridgehead atoms. The standard InChI is InChI=1S/C24H24ClNO3/c1-6-7-18-16(13(2)3)10-11-17(14(4)5)21(18)26-23(28)19-9-8-15(22(25)27)12-20(19)24(26)29/h6,8-14H,1,7H2,2-5H3. The Balaban J connectivity index is 2.28. The molecule has 3 rings (SSSR count). The fourth-order valence-corrected chi connectivity index (χ4v) is 3.98. The molecule has 1 heterocycles. The second kappa shape index (κ2) is 7.96. The molecule has 150 valence electrons. The largest absolute Gasteiger partial charge is 0.276 e. The summed E-state index contributed by atoms with van der Waals surface area (Å²) in [4.78, 5) is 39.4. The second-order valence-electron chi connectivity index (χ2n) is 7.85. The number of fused-ring (bicyclic) bond motifs is 1. The van der Waals surface area contributed by atoms with E-state index in [4.69, 9.17) is 11.6 Å². The first-order valence-corrected chi connectivity index (χ1v) is 10.1. The lowest BCUT2D eigenvalue weighted by atomic mass is 9.87. The summed E-state index contributed by atoms with van der Waals surface area (Å²) in [5.41, 5.74) is 4.26. The highest BCUT2D eigenvalue weighted by Crippen LogP contribution is 2.40. The Labute approximate surface area is 176 Å². The molecule has 0 unspecified atom stereocenters. The van der Waals surface area contributed by atoms with Crippen LogP contribution in [0.25, 0.3) is 0 Å². The maximum Gasteiger partial charge on any atom is 0.266 e. The molecule has 29 heavy (non-hydrogen) atoms. The number of amides is 2. The number of carbonyl (C=O) groups excluding carboxylic acids is 3. The number of nitrogens with zero attached hydrogens (tertiary/aromatic N) is 1. The Morgan fingerprint density at radius 3 is 2.14 bits per heavy atom. The van der Waals surface area contributed by atoms with E-state index < -0.39 is 11.1 Å². The van der Waals surface area contributed by atoms with Crippen LogP contribution in [0.15, 0.2) is 43.0 Å². The lowest BCUT2D eigenvalue weighted by molar-refractivity contribution is 0.0925. The first kappa shape index (κ1) is 21.0. The van der Waals surface area contributed by atoms with Crippen LogP contribution in [0, 0.1) is 0 Å². The zero-order valence-corrected chi connectivity index (χ0v) is 17.8. The van der Waals surface area contributed by atoms with Crippen molar-refractivity contribution in [1.82, 2.24) is 0 Å². The van der Waals surface area contributed by atoms with E-state index in [-0.39, 0.29) is 34.4 Å². The number of hydrogen-bond acceptors (Lipinski definition) is 3. The van der Waals surface area contributed by atoms with E-state index in [2.05, 4.69) is 26.5 Å². The summed E-state index contributed by atoms with van der Waals surface area (Å²) in [6.07, 6.45) is 2.33. The predicted octanol–water partition coefficient (Wildman–Crippen LogP) is 5.84. The molecule has 2 amide bonds. The molecule has 4 nitrogen and oxygen atoms in total. The molecule has 5 heteroatoms. The summed E-state index contributed by atoms with van der Waals surface area (Å²) in [7, 11) is 0. The van der Waals surface area contributed by atoms with Gasteiger partial charge in [0, 0.05) is 5.56 Å². The molecular formula is C24H24ClNO3. The van der Waals surface area contributed by atoms with Crippen LogP contribution in [-0.4, -0.2) is 17.1 Å². The quantitative estimate of drug-likeness (QED) is 0.342. The van der Waals surface area contributed by atoms with Crippen molar-refractivity contribution in [3.8, 4) is 0 Å². The smallest absolute Gasteiger partial charge is 0.266 e. The molecule has 0 saturated heterocycles. The molecule has 2 aromatic carbocycles. The number of halogens is 1. The SMILES string of the molecule is C=CCc1c(C(C)C)ccc(C(C)C)c1N1C(=O)c2ccc(C(=O)Cl)cc2C1=O. The van der Waals surface area contributed by atoms with Crippen LogP contribution < -0.4 is 4.90 Å². The van der Waals surface area contributed by atoms with Gasteiger partial charge in [0.2, 0.25) is 0 Å². The molecule has 0 aromatic heterocycles. The summed E-state index contributed by atoms with van der Waals surface area (Å²) >= 11 is 5.57. The van der Waals surface area contributed by atoms with E-state index in [9.17, 15) is 14.4 Å². The molecule has 0 atom stereocenters. The number of rotatable bonds is 6. The highest BCUT2D eigenvalue weighted by Gasteiger charge is 2.39. The number of anilines is 1. The monoisotopic (exact) mass is 409 g/mol. The first-order chi connectivity index (χ1) is 13.7. The number of carbonyl (C=O) groups is 3. The predicted molar refractivity (Wildman–Crippen MR) is 116 cm³/mol. The van der Waals surface area contributed by atoms with Crippen molar-refractivity contribution in [2.45, 2.75) is 46.0 Å². The van der Waals surface area contributed by atoms with Gasteiger partial charge in [-0.2, -0.15) is 0 Å². The van der Waals surface area contributed by atoms with Crippen molar-refractivity contribution < 1.29 is 14.4 Å². The highest BCUT2D eigenvalue weighted by molar-refractivity contribution is 6.67. The minimum absolute atomic E-state index is 0.110. The van der Waals surface area contributed by atoms with E-state index >= 15 is 0 Å². The number of allylic oxidation sites excluding steroid dienone is 1. The molecule has 0 saturated carbocycles. The van der Waals surface area contributed by atoms with Crippen molar-refractivity contribution in [1.29, 1.82) is 0 Å². The van der Waals surface area contributed by atoms with E-state index in [0.717, 1.165) is 16.7 Å². The van der Waals surface area contributed by atoms with Crippen LogP contribution in [-0.2, 0) is 6.42 Å². The lowest BCUT2D eigenvalue weighted by Gasteiger charge is -2.26. The van der Waals surface area contributed by atoms with Gasteiger partial charge in [-0.05, 0) is 64.7 Å². The maximum absolute atomic E-state index is 13.3. The van der Waals surface area contributed by atoms with E-state index in [1.54, 1.807) is 6.08 Å². The van der Waals surface area contributed by atoms with Gasteiger partial charge < -0.3 is 0 Å². The molecule has 0 fully saturated rings. The second-order valence-corrected chi connectivity index (χ2v) is 8.20.